The minimum Gasteiger partial charge on any atom is -0.422 e. The maximum atomic E-state index is 13.6. The van der Waals surface area contributed by atoms with Crippen molar-refractivity contribution in [1.82, 2.24) is 4.90 Å². The molecule has 3 aliphatic heterocycles. The van der Waals surface area contributed by atoms with Crippen molar-refractivity contribution < 1.29 is 28.7 Å². The van der Waals surface area contributed by atoms with Gasteiger partial charge in [0.2, 0.25) is 5.91 Å². The molecule has 3 amide bonds. The Kier molecular flexibility index (Phi) is 9.48. The van der Waals surface area contributed by atoms with Crippen molar-refractivity contribution in [3.05, 3.63) is 41.4 Å². The zero-order valence-electron chi connectivity index (χ0n) is 25.5. The number of benzene rings is 2. The van der Waals surface area contributed by atoms with Crippen molar-refractivity contribution in [1.29, 1.82) is 0 Å². The Morgan fingerprint density at radius 1 is 0.932 bits per heavy atom. The van der Waals surface area contributed by atoms with Gasteiger partial charge in [0.1, 0.15) is 0 Å². The van der Waals surface area contributed by atoms with Crippen LogP contribution in [0.2, 0.25) is 5.02 Å². The SMILES string of the molecule is CC(C)(C)CCC(=O)Oc1c(N2CCN(C3CCOCC3)CC2=O)cccc1N1CCN(c2cc(Cl)ccc2N)C(=O)C1=O. The Hall–Kier alpha value is -3.67. The number of ether oxygens (including phenoxy) is 2. The number of hydrogen-bond donors (Lipinski definition) is 1. The summed E-state index contributed by atoms with van der Waals surface area (Å²) >= 11 is 6.15. The first-order chi connectivity index (χ1) is 20.9. The highest BCUT2D eigenvalue weighted by Gasteiger charge is 2.38. The third kappa shape index (κ3) is 7.00. The molecule has 2 N–H and O–H groups in total. The topological polar surface area (TPSA) is 126 Å². The summed E-state index contributed by atoms with van der Waals surface area (Å²) in [5, 5.41) is 0.385. The van der Waals surface area contributed by atoms with E-state index in [0.29, 0.717) is 54.8 Å². The third-order valence-electron chi connectivity index (χ3n) is 8.31. The summed E-state index contributed by atoms with van der Waals surface area (Å²) in [6, 6.07) is 10.1. The van der Waals surface area contributed by atoms with E-state index < -0.39 is 17.8 Å². The van der Waals surface area contributed by atoms with Gasteiger partial charge in [-0.3, -0.25) is 29.0 Å². The minimum atomic E-state index is -0.810. The fourth-order valence-corrected chi connectivity index (χ4v) is 6.00. The molecule has 0 aromatic heterocycles. The largest absolute Gasteiger partial charge is 0.422 e. The molecule has 0 radical (unpaired) electrons. The van der Waals surface area contributed by atoms with Crippen molar-refractivity contribution in [3.63, 3.8) is 0 Å². The average molecular weight is 626 g/mol. The number of carbonyl (C=O) groups excluding carboxylic acids is 4. The van der Waals surface area contributed by atoms with Crippen LogP contribution < -0.4 is 25.2 Å². The summed E-state index contributed by atoms with van der Waals surface area (Å²) in [5.41, 5.74) is 7.32. The van der Waals surface area contributed by atoms with Crippen molar-refractivity contribution in [3.8, 4) is 5.75 Å². The first kappa shape index (κ1) is 31.7. The minimum absolute atomic E-state index is 0.0937. The first-order valence-corrected chi connectivity index (χ1v) is 15.4. The quantitative estimate of drug-likeness (QED) is 0.213. The molecule has 2 aromatic rings. The Morgan fingerprint density at radius 2 is 1.55 bits per heavy atom. The molecule has 12 heteroatoms. The molecule has 3 heterocycles. The molecular weight excluding hydrogens is 586 g/mol. The number of para-hydroxylation sites is 1. The van der Waals surface area contributed by atoms with Crippen LogP contribution >= 0.6 is 11.6 Å². The zero-order chi connectivity index (χ0) is 31.6. The second kappa shape index (κ2) is 13.1. The molecule has 0 atom stereocenters. The lowest BCUT2D eigenvalue weighted by Gasteiger charge is -2.41. The van der Waals surface area contributed by atoms with Crippen molar-refractivity contribution in [2.45, 2.75) is 52.5 Å². The number of nitrogens with two attached hydrogens (primary N) is 1. The van der Waals surface area contributed by atoms with Gasteiger partial charge in [0.15, 0.2) is 5.75 Å². The standard InChI is InChI=1S/C32H40ClN5O6/c1-32(2,3)12-9-28(40)44-29-24(36-14-13-35(20-27(36)39)22-10-17-43-18-11-22)5-4-6-25(29)37-15-16-38(31(42)30(37)41)26-19-21(33)7-8-23(26)34/h4-8,19,22H,9-18,20,34H2,1-3H3. The molecule has 0 bridgehead atoms. The lowest BCUT2D eigenvalue weighted by Crippen LogP contribution is -2.55. The summed E-state index contributed by atoms with van der Waals surface area (Å²) in [4.78, 5) is 60.1. The molecule has 44 heavy (non-hydrogen) atoms. The van der Waals surface area contributed by atoms with Gasteiger partial charge in [0.05, 0.1) is 29.3 Å². The van der Waals surface area contributed by atoms with Gasteiger partial charge in [-0.05, 0) is 55.0 Å². The van der Waals surface area contributed by atoms with Crippen LogP contribution in [0.4, 0.5) is 22.7 Å². The van der Waals surface area contributed by atoms with Gasteiger partial charge >= 0.3 is 17.8 Å². The highest BCUT2D eigenvalue weighted by atomic mass is 35.5. The van der Waals surface area contributed by atoms with Crippen LogP contribution in [0.15, 0.2) is 36.4 Å². The fraction of sp³-hybridized carbons (Fsp3) is 0.500. The maximum absolute atomic E-state index is 13.6. The molecule has 3 aliphatic rings. The van der Waals surface area contributed by atoms with E-state index in [1.54, 1.807) is 41.3 Å². The molecule has 0 aliphatic carbocycles. The summed E-state index contributed by atoms with van der Waals surface area (Å²) in [6.07, 6.45) is 2.49. The number of halogens is 1. The van der Waals surface area contributed by atoms with E-state index in [-0.39, 0.29) is 54.9 Å². The highest BCUT2D eigenvalue weighted by Crippen LogP contribution is 2.41. The summed E-state index contributed by atoms with van der Waals surface area (Å²) in [5.74, 6) is -2.12. The lowest BCUT2D eigenvalue weighted by molar-refractivity contribution is -0.137. The summed E-state index contributed by atoms with van der Waals surface area (Å²) < 4.78 is 11.5. The molecular formula is C32H40ClN5O6. The molecule has 236 valence electrons. The maximum Gasteiger partial charge on any atom is 0.317 e. The van der Waals surface area contributed by atoms with Crippen molar-refractivity contribution in [2.24, 2.45) is 5.41 Å². The molecule has 3 saturated heterocycles. The second-order valence-corrected chi connectivity index (χ2v) is 13.1. The van der Waals surface area contributed by atoms with Crippen LogP contribution in [-0.2, 0) is 23.9 Å². The third-order valence-corrected chi connectivity index (χ3v) is 8.55. The second-order valence-electron chi connectivity index (χ2n) is 12.6. The summed E-state index contributed by atoms with van der Waals surface area (Å²) in [7, 11) is 0. The Labute approximate surface area is 262 Å². The summed E-state index contributed by atoms with van der Waals surface area (Å²) in [6.45, 7) is 8.97. The predicted molar refractivity (Wildman–Crippen MR) is 169 cm³/mol. The number of anilines is 4. The van der Waals surface area contributed by atoms with Crippen LogP contribution in [-0.4, -0.2) is 80.6 Å². The van der Waals surface area contributed by atoms with Gasteiger partial charge in [-0.2, -0.15) is 0 Å². The number of esters is 1. The van der Waals surface area contributed by atoms with Gasteiger partial charge in [-0.25, -0.2) is 0 Å². The number of piperazine rings is 2. The Morgan fingerprint density at radius 3 is 2.18 bits per heavy atom. The molecule has 2 aromatic carbocycles. The number of amides is 3. The number of rotatable bonds is 7. The smallest absolute Gasteiger partial charge is 0.317 e. The number of nitrogens with zero attached hydrogens (tertiary/aromatic N) is 4. The predicted octanol–water partition coefficient (Wildman–Crippen LogP) is 3.86. The van der Waals surface area contributed by atoms with E-state index in [1.165, 1.54) is 9.80 Å². The molecule has 3 fully saturated rings. The van der Waals surface area contributed by atoms with E-state index in [2.05, 4.69) is 4.90 Å². The number of carbonyl (C=O) groups is 4. The average Bonchev–Trinajstić information content (AvgIpc) is 2.99. The van der Waals surface area contributed by atoms with E-state index in [4.69, 9.17) is 26.8 Å². The van der Waals surface area contributed by atoms with Gasteiger partial charge in [0.25, 0.3) is 0 Å². The van der Waals surface area contributed by atoms with Crippen LogP contribution in [0, 0.1) is 5.41 Å². The van der Waals surface area contributed by atoms with E-state index in [0.717, 1.165) is 12.8 Å². The van der Waals surface area contributed by atoms with Crippen LogP contribution in [0.3, 0.4) is 0 Å². The van der Waals surface area contributed by atoms with Crippen LogP contribution in [0.5, 0.6) is 5.75 Å². The van der Waals surface area contributed by atoms with Crippen molar-refractivity contribution in [2.75, 3.05) is 66.4 Å². The Bertz CT molecular complexity index is 1440. The van der Waals surface area contributed by atoms with Gasteiger partial charge in [-0.1, -0.05) is 38.4 Å². The molecule has 11 nitrogen and oxygen atoms in total. The van der Waals surface area contributed by atoms with Crippen LogP contribution in [0.25, 0.3) is 0 Å². The first-order valence-electron chi connectivity index (χ1n) is 15.1. The molecule has 0 unspecified atom stereocenters. The number of hydrogen-bond acceptors (Lipinski definition) is 8. The monoisotopic (exact) mass is 625 g/mol. The molecule has 0 spiro atoms. The van der Waals surface area contributed by atoms with Gasteiger partial charge < -0.3 is 25.0 Å². The van der Waals surface area contributed by atoms with E-state index >= 15 is 0 Å². The van der Waals surface area contributed by atoms with Crippen LogP contribution in [0.1, 0.15) is 46.5 Å². The zero-order valence-corrected chi connectivity index (χ0v) is 26.3. The van der Waals surface area contributed by atoms with Gasteiger partial charge in [0, 0.05) is 56.9 Å². The Balaban J connectivity index is 1.44. The lowest BCUT2D eigenvalue weighted by atomic mass is 9.91. The van der Waals surface area contributed by atoms with E-state index in [1.807, 2.05) is 20.8 Å². The van der Waals surface area contributed by atoms with E-state index in [9.17, 15) is 19.2 Å². The normalized spacial score (nSPS) is 19.1. The highest BCUT2D eigenvalue weighted by molar-refractivity contribution is 6.46. The van der Waals surface area contributed by atoms with Gasteiger partial charge in [-0.15, -0.1) is 0 Å². The fourth-order valence-electron chi connectivity index (χ4n) is 5.84. The molecule has 5 rings (SSSR count). The molecule has 0 saturated carbocycles. The number of nitrogen functional groups attached to an aromatic ring is 1. The van der Waals surface area contributed by atoms with Crippen molar-refractivity contribution >= 4 is 58.0 Å².